The minimum atomic E-state index is -4.47. The van der Waals surface area contributed by atoms with E-state index in [-0.39, 0.29) is 21.9 Å². The van der Waals surface area contributed by atoms with Crippen molar-refractivity contribution < 1.29 is 31.1 Å². The van der Waals surface area contributed by atoms with Crippen molar-refractivity contribution in [1.82, 2.24) is 0 Å². The monoisotopic (exact) mass is 373 g/mol. The molecule has 25 heavy (non-hydrogen) atoms. The lowest BCUT2D eigenvalue weighted by Gasteiger charge is -2.11. The molecule has 0 aliphatic carbocycles. The number of amides is 1. The number of benzene rings is 2. The van der Waals surface area contributed by atoms with E-state index in [0.717, 1.165) is 36.6 Å². The molecule has 2 aromatic carbocycles. The molecule has 1 N–H and O–H groups in total. The molecule has 0 aromatic heterocycles. The number of nitrogens with one attached hydrogen (secondary N) is 1. The smallest absolute Gasteiger partial charge is 0.416 e. The highest BCUT2D eigenvalue weighted by atomic mass is 32.2. The van der Waals surface area contributed by atoms with Gasteiger partial charge in [-0.25, -0.2) is 8.42 Å². The second kappa shape index (κ2) is 6.75. The summed E-state index contributed by atoms with van der Waals surface area (Å²) < 4.78 is 66.0. The zero-order chi connectivity index (χ0) is 18.8. The van der Waals surface area contributed by atoms with Gasteiger partial charge in [-0.3, -0.25) is 4.79 Å². The molecule has 0 fully saturated rings. The van der Waals surface area contributed by atoms with E-state index in [1.54, 1.807) is 0 Å². The lowest BCUT2D eigenvalue weighted by Crippen LogP contribution is -2.13. The van der Waals surface area contributed by atoms with Crippen LogP contribution >= 0.6 is 0 Å². The van der Waals surface area contributed by atoms with Crippen LogP contribution in [0.4, 0.5) is 18.9 Å². The predicted molar refractivity (Wildman–Crippen MR) is 85.5 cm³/mol. The van der Waals surface area contributed by atoms with E-state index in [4.69, 9.17) is 4.74 Å². The first kappa shape index (κ1) is 18.8. The van der Waals surface area contributed by atoms with E-state index >= 15 is 0 Å². The first-order valence-corrected chi connectivity index (χ1v) is 8.78. The molecule has 0 spiro atoms. The van der Waals surface area contributed by atoms with Crippen molar-refractivity contribution in [3.63, 3.8) is 0 Å². The van der Waals surface area contributed by atoms with E-state index < -0.39 is 27.5 Å². The lowest BCUT2D eigenvalue weighted by atomic mass is 10.1. The number of carbonyl (C=O) groups is 1. The minimum Gasteiger partial charge on any atom is -0.495 e. The van der Waals surface area contributed by atoms with Crippen molar-refractivity contribution in [1.29, 1.82) is 0 Å². The molecule has 0 aliphatic rings. The summed E-state index contributed by atoms with van der Waals surface area (Å²) in [4.78, 5) is 12.0. The van der Waals surface area contributed by atoms with Crippen LogP contribution in [-0.2, 0) is 16.0 Å². The van der Waals surface area contributed by atoms with Gasteiger partial charge in [0.2, 0.25) is 0 Å². The number of halogens is 3. The molecule has 2 rings (SSSR count). The molecule has 5 nitrogen and oxygen atoms in total. The topological polar surface area (TPSA) is 72.5 Å². The van der Waals surface area contributed by atoms with Crippen LogP contribution < -0.4 is 10.1 Å². The first-order valence-electron chi connectivity index (χ1n) is 6.89. The number of sulfone groups is 1. The molecule has 0 heterocycles. The molecule has 0 bridgehead atoms. The summed E-state index contributed by atoms with van der Waals surface area (Å²) in [5.74, 6) is -0.569. The summed E-state index contributed by atoms with van der Waals surface area (Å²) in [6, 6.07) is 7.74. The van der Waals surface area contributed by atoms with Crippen LogP contribution in [0.3, 0.4) is 0 Å². The summed E-state index contributed by atoms with van der Waals surface area (Å²) in [6.07, 6.45) is -3.49. The highest BCUT2D eigenvalue weighted by Gasteiger charge is 2.30. The Bertz CT molecular complexity index is 891. The molecule has 1 amide bonds. The normalized spacial score (nSPS) is 11.9. The van der Waals surface area contributed by atoms with Gasteiger partial charge in [0.1, 0.15) is 10.6 Å². The van der Waals surface area contributed by atoms with Gasteiger partial charge in [0.15, 0.2) is 9.84 Å². The average molecular weight is 373 g/mol. The Morgan fingerprint density at radius 2 is 1.68 bits per heavy atom. The maximum absolute atomic E-state index is 12.5. The Hall–Kier alpha value is -2.55. The van der Waals surface area contributed by atoms with Gasteiger partial charge < -0.3 is 10.1 Å². The van der Waals surface area contributed by atoms with E-state index in [1.165, 1.54) is 19.2 Å². The third-order valence-corrected chi connectivity index (χ3v) is 4.41. The molecule has 9 heteroatoms. The number of anilines is 1. The van der Waals surface area contributed by atoms with Crippen molar-refractivity contribution in [3.8, 4) is 5.75 Å². The molecule has 0 radical (unpaired) electrons. The van der Waals surface area contributed by atoms with Crippen LogP contribution in [0.2, 0.25) is 0 Å². The number of hydrogen-bond acceptors (Lipinski definition) is 4. The Morgan fingerprint density at radius 3 is 2.16 bits per heavy atom. The molecule has 0 saturated heterocycles. The van der Waals surface area contributed by atoms with Crippen LogP contribution in [0.15, 0.2) is 47.4 Å². The predicted octanol–water partition coefficient (Wildman–Crippen LogP) is 3.37. The van der Waals surface area contributed by atoms with Crippen molar-refractivity contribution in [2.24, 2.45) is 0 Å². The Kier molecular flexibility index (Phi) is 5.07. The number of methoxy groups -OCH3 is 1. The van der Waals surface area contributed by atoms with Crippen LogP contribution in [0.1, 0.15) is 15.9 Å². The quantitative estimate of drug-likeness (QED) is 0.892. The van der Waals surface area contributed by atoms with Gasteiger partial charge in [-0.05, 0) is 42.5 Å². The lowest BCUT2D eigenvalue weighted by molar-refractivity contribution is -0.137. The van der Waals surface area contributed by atoms with Gasteiger partial charge in [0.05, 0.1) is 12.7 Å². The van der Waals surface area contributed by atoms with Crippen molar-refractivity contribution >= 4 is 21.4 Å². The van der Waals surface area contributed by atoms with E-state index in [1.807, 2.05) is 0 Å². The van der Waals surface area contributed by atoms with Crippen LogP contribution in [0.25, 0.3) is 0 Å². The maximum Gasteiger partial charge on any atom is 0.416 e. The summed E-state index contributed by atoms with van der Waals surface area (Å²) in [5, 5.41) is 2.41. The van der Waals surface area contributed by atoms with Crippen LogP contribution in [-0.4, -0.2) is 27.7 Å². The maximum atomic E-state index is 12.5. The van der Waals surface area contributed by atoms with Crippen molar-refractivity contribution in [2.75, 3.05) is 18.7 Å². The van der Waals surface area contributed by atoms with Gasteiger partial charge in [-0.1, -0.05) is 0 Å². The SMILES string of the molecule is COc1ccc(C(=O)Nc2ccc(C(F)(F)F)cc2)cc1S(C)(=O)=O. The van der Waals surface area contributed by atoms with Gasteiger partial charge in [-0.2, -0.15) is 13.2 Å². The van der Waals surface area contributed by atoms with Gasteiger partial charge in [0.25, 0.3) is 5.91 Å². The second-order valence-corrected chi connectivity index (χ2v) is 7.15. The summed E-state index contributed by atoms with van der Waals surface area (Å²) in [5.41, 5.74) is -0.662. The summed E-state index contributed by atoms with van der Waals surface area (Å²) >= 11 is 0. The third-order valence-electron chi connectivity index (χ3n) is 3.30. The average Bonchev–Trinajstić information content (AvgIpc) is 2.53. The van der Waals surface area contributed by atoms with Crippen LogP contribution in [0.5, 0.6) is 5.75 Å². The number of alkyl halides is 3. The van der Waals surface area contributed by atoms with Crippen molar-refractivity contribution in [2.45, 2.75) is 11.1 Å². The fraction of sp³-hybridized carbons (Fsp3) is 0.188. The van der Waals surface area contributed by atoms with Gasteiger partial charge >= 0.3 is 6.18 Å². The fourth-order valence-electron chi connectivity index (χ4n) is 2.05. The number of ether oxygens (including phenoxy) is 1. The highest BCUT2D eigenvalue weighted by Crippen LogP contribution is 2.30. The first-order chi connectivity index (χ1) is 11.5. The molecule has 134 valence electrons. The molecule has 2 aromatic rings. The Labute approximate surface area is 142 Å². The largest absolute Gasteiger partial charge is 0.495 e. The molecule has 0 saturated carbocycles. The van der Waals surface area contributed by atoms with Gasteiger partial charge in [0, 0.05) is 17.5 Å². The minimum absolute atomic E-state index is 0.0288. The molecule has 0 atom stereocenters. The Balaban J connectivity index is 2.27. The molecular weight excluding hydrogens is 359 g/mol. The standard InChI is InChI=1S/C16H14F3NO4S/c1-24-13-8-3-10(9-14(13)25(2,22)23)15(21)20-12-6-4-11(5-7-12)16(17,18)19/h3-9H,1-2H3,(H,20,21). The number of rotatable bonds is 4. The van der Waals surface area contributed by atoms with E-state index in [0.29, 0.717) is 0 Å². The summed E-state index contributed by atoms with van der Waals surface area (Å²) in [6.45, 7) is 0. The summed E-state index contributed by atoms with van der Waals surface area (Å²) in [7, 11) is -2.33. The molecular formula is C16H14F3NO4S. The van der Waals surface area contributed by atoms with Gasteiger partial charge in [-0.15, -0.1) is 0 Å². The van der Waals surface area contributed by atoms with Crippen molar-refractivity contribution in [3.05, 3.63) is 53.6 Å². The van der Waals surface area contributed by atoms with E-state index in [9.17, 15) is 26.4 Å². The Morgan fingerprint density at radius 1 is 1.08 bits per heavy atom. The zero-order valence-corrected chi connectivity index (χ0v) is 14.0. The molecule has 0 aliphatic heterocycles. The second-order valence-electron chi connectivity index (χ2n) is 5.17. The molecule has 0 unspecified atom stereocenters. The van der Waals surface area contributed by atoms with E-state index in [2.05, 4.69) is 5.32 Å². The number of hydrogen-bond donors (Lipinski definition) is 1. The fourth-order valence-corrected chi connectivity index (χ4v) is 2.91. The van der Waals surface area contributed by atoms with Crippen LogP contribution in [0, 0.1) is 0 Å². The highest BCUT2D eigenvalue weighted by molar-refractivity contribution is 7.90. The number of carbonyl (C=O) groups excluding carboxylic acids is 1. The third kappa shape index (κ3) is 4.50. The zero-order valence-electron chi connectivity index (χ0n) is 13.2.